The number of hydrogen-bond acceptors (Lipinski definition) is 18. The van der Waals surface area contributed by atoms with Crippen LogP contribution in [-0.4, -0.2) is 179 Å². The third-order valence-electron chi connectivity index (χ3n) is 19.7. The highest BCUT2D eigenvalue weighted by Gasteiger charge is 2.71. The monoisotopic (exact) mass is 1010 g/mol. The maximum atomic E-state index is 12.9. The van der Waals surface area contributed by atoms with Crippen molar-refractivity contribution in [2.24, 2.45) is 56.2 Å². The molecule has 5 aliphatic carbocycles. The van der Waals surface area contributed by atoms with Gasteiger partial charge in [-0.05, 0) is 104 Å². The molecule has 21 nitrogen and oxygen atoms in total. The molecule has 3 aliphatic heterocycles. The molecule has 8 rings (SSSR count). The highest BCUT2D eigenvalue weighted by molar-refractivity contribution is 5.75. The summed E-state index contributed by atoms with van der Waals surface area (Å²) >= 11 is 0. The summed E-state index contributed by atoms with van der Waals surface area (Å²) in [6.07, 6.45) is -20.7. The standard InChI is InChI=1S/C50H76O21/c1-20-28(52)29(53)34(58)41(65-20)70-38-33(57)31(55)36(40(61)62)69-43(38)71-37-32(56)30(54)35(39(59)60)68-42(37)67-22-16-45(3,4)25-12-13-50(9)26(48(25,7)17-22)11-10-23-24-18-46(5,44(63)64)19-27(66-21(2)51)47(24,6)14-15-49(23,50)8/h10-11,20,22-38,41-43,52-58H,12-19H2,1-9H3,(H,59,60)(H,61,62)(H,63,64)/t20-,22-,23?,24?,25?,26?,27-,28+,29-,30+,31+,32-,33-,34-,35+,36+,37-,38-,41+,42-,43+,46-,47-,48+,49?,50-/m1/s1. The SMILES string of the molecule is CC(=O)O[C@@H]1C[C@](C)(C(=O)O)CC2C3C=CC4[C@@]5(C)C[C@H](O[C@@H]6O[C@H](C(=O)O)[C@@H](O)[C@@H](O)[C@H]6O[C@@H]6O[C@H](C(=O)O)[C@@H](O)[C@@H](O)[C@H]6O[C@@H]6O[C@H](C)[C@H](O)[C@@H](O)[C@H]6O)CC(C)(C)C5CC[C@@]4(C)C3(C)CC[C@]21C. The second kappa shape index (κ2) is 18.7. The molecule has 7 fully saturated rings. The molecule has 0 spiro atoms. The van der Waals surface area contributed by atoms with E-state index in [0.717, 1.165) is 25.7 Å². The number of ether oxygens (including phenoxy) is 7. The van der Waals surface area contributed by atoms with Gasteiger partial charge in [0.1, 0.15) is 61.0 Å². The quantitative estimate of drug-likeness (QED) is 0.0838. The molecular weight excluding hydrogens is 937 g/mol. The van der Waals surface area contributed by atoms with Gasteiger partial charge in [-0.15, -0.1) is 0 Å². The fourth-order valence-corrected chi connectivity index (χ4v) is 15.6. The first-order valence-electron chi connectivity index (χ1n) is 25.1. The average Bonchev–Trinajstić information content (AvgIpc) is 3.26. The molecule has 10 N–H and O–H groups in total. The van der Waals surface area contributed by atoms with E-state index in [1.165, 1.54) is 13.8 Å². The first-order chi connectivity index (χ1) is 32.8. The van der Waals surface area contributed by atoms with Crippen LogP contribution in [0.4, 0.5) is 0 Å². The fourth-order valence-electron chi connectivity index (χ4n) is 15.6. The van der Waals surface area contributed by atoms with Crippen molar-refractivity contribution < 1.29 is 103 Å². The Kier molecular flexibility index (Phi) is 14.3. The van der Waals surface area contributed by atoms with Gasteiger partial charge in [0.2, 0.25) is 0 Å². The highest BCUT2D eigenvalue weighted by Crippen LogP contribution is 2.76. The van der Waals surface area contributed by atoms with Gasteiger partial charge in [-0.1, -0.05) is 53.7 Å². The van der Waals surface area contributed by atoms with Crippen molar-refractivity contribution in [2.75, 3.05) is 0 Å². The van der Waals surface area contributed by atoms with Crippen molar-refractivity contribution in [1.82, 2.24) is 0 Å². The Labute approximate surface area is 412 Å². The predicted octanol–water partition coefficient (Wildman–Crippen LogP) is 1.32. The Morgan fingerprint density at radius 3 is 1.69 bits per heavy atom. The van der Waals surface area contributed by atoms with Crippen LogP contribution in [0, 0.1) is 56.2 Å². The summed E-state index contributed by atoms with van der Waals surface area (Å²) in [7, 11) is 0. The van der Waals surface area contributed by atoms with Crippen molar-refractivity contribution in [3.05, 3.63) is 12.2 Å². The first kappa shape index (κ1) is 54.4. The Bertz CT molecular complexity index is 2090. The van der Waals surface area contributed by atoms with Gasteiger partial charge in [0.25, 0.3) is 0 Å². The maximum Gasteiger partial charge on any atom is 0.335 e. The van der Waals surface area contributed by atoms with E-state index >= 15 is 0 Å². The van der Waals surface area contributed by atoms with Gasteiger partial charge in [-0.25, -0.2) is 9.59 Å². The molecule has 0 aromatic carbocycles. The fraction of sp³-hybridized carbons (Fsp3) is 0.880. The summed E-state index contributed by atoms with van der Waals surface area (Å²) in [6, 6.07) is 0. The van der Waals surface area contributed by atoms with Crippen molar-refractivity contribution in [3.8, 4) is 0 Å². The zero-order valence-corrected chi connectivity index (χ0v) is 41.9. The Hall–Kier alpha value is -2.90. The minimum atomic E-state index is -2.17. The minimum absolute atomic E-state index is 0.0408. The number of carbonyl (C=O) groups is 4. The number of fused-ring (bicyclic) bond motifs is 7. The van der Waals surface area contributed by atoms with Crippen molar-refractivity contribution in [1.29, 1.82) is 0 Å². The molecule has 0 aromatic heterocycles. The number of esters is 1. The van der Waals surface area contributed by atoms with E-state index in [4.69, 9.17) is 33.2 Å². The van der Waals surface area contributed by atoms with Gasteiger partial charge in [-0.3, -0.25) is 9.59 Å². The number of hydrogen-bond donors (Lipinski definition) is 10. The third-order valence-corrected chi connectivity index (χ3v) is 19.7. The van der Waals surface area contributed by atoms with E-state index in [9.17, 15) is 70.2 Å². The Morgan fingerprint density at radius 1 is 0.577 bits per heavy atom. The summed E-state index contributed by atoms with van der Waals surface area (Å²) in [6.45, 7) is 17.8. The molecule has 21 heteroatoms. The van der Waals surface area contributed by atoms with Gasteiger partial charge in [0, 0.05) is 18.8 Å². The van der Waals surface area contributed by atoms with Crippen LogP contribution in [0.3, 0.4) is 0 Å². The highest BCUT2D eigenvalue weighted by atomic mass is 16.8. The zero-order valence-electron chi connectivity index (χ0n) is 41.9. The van der Waals surface area contributed by atoms with Gasteiger partial charge in [-0.2, -0.15) is 0 Å². The van der Waals surface area contributed by atoms with Gasteiger partial charge in [0.05, 0.1) is 17.6 Å². The molecule has 0 amide bonds. The second-order valence-corrected chi connectivity index (χ2v) is 24.3. The Balaban J connectivity index is 1.11. The van der Waals surface area contributed by atoms with Crippen LogP contribution >= 0.6 is 0 Å². The summed E-state index contributed by atoms with van der Waals surface area (Å²) in [4.78, 5) is 50.3. The number of allylic oxidation sites excluding steroid dienone is 2. The summed E-state index contributed by atoms with van der Waals surface area (Å²) in [5.74, 6) is -4.79. The van der Waals surface area contributed by atoms with Gasteiger partial charge in [0.15, 0.2) is 31.1 Å². The number of carboxylic acids is 3. The van der Waals surface area contributed by atoms with Crippen molar-refractivity contribution in [2.45, 2.75) is 218 Å². The molecule has 0 radical (unpaired) electrons. The van der Waals surface area contributed by atoms with E-state index in [1.807, 2.05) is 0 Å². The molecule has 3 saturated heterocycles. The van der Waals surface area contributed by atoms with Crippen LogP contribution in [0.2, 0.25) is 0 Å². The lowest BCUT2D eigenvalue weighted by molar-refractivity contribution is -0.391. The van der Waals surface area contributed by atoms with Crippen LogP contribution in [0.5, 0.6) is 0 Å². The molecule has 8 aliphatic rings. The number of carboxylic acid groups (broad SMARTS) is 3. The van der Waals surface area contributed by atoms with Crippen LogP contribution in [0.25, 0.3) is 0 Å². The summed E-state index contributed by atoms with van der Waals surface area (Å²) in [5.41, 5.74) is -3.12. The number of aliphatic carboxylic acids is 3. The lowest BCUT2D eigenvalue weighted by atomic mass is 9.33. The summed E-state index contributed by atoms with van der Waals surface area (Å²) in [5, 5.41) is 107. The van der Waals surface area contributed by atoms with E-state index in [2.05, 4.69) is 53.7 Å². The number of aliphatic hydroxyl groups excluding tert-OH is 7. The van der Waals surface area contributed by atoms with Crippen LogP contribution in [0.1, 0.15) is 114 Å². The molecule has 0 bridgehead atoms. The predicted molar refractivity (Wildman–Crippen MR) is 241 cm³/mol. The molecule has 4 saturated carbocycles. The topological polar surface area (TPSA) is 335 Å². The molecule has 71 heavy (non-hydrogen) atoms. The lowest BCUT2D eigenvalue weighted by Gasteiger charge is -2.72. The molecule has 402 valence electrons. The molecular formula is C50H76O21. The first-order valence-corrected chi connectivity index (χ1v) is 25.1. The van der Waals surface area contributed by atoms with Gasteiger partial charge < -0.3 is 84.2 Å². The van der Waals surface area contributed by atoms with E-state index in [0.29, 0.717) is 19.3 Å². The van der Waals surface area contributed by atoms with Crippen LogP contribution in [-0.2, 0) is 52.3 Å². The summed E-state index contributed by atoms with van der Waals surface area (Å²) < 4.78 is 41.9. The lowest BCUT2D eigenvalue weighted by Crippen LogP contribution is -2.68. The molecule has 3 heterocycles. The minimum Gasteiger partial charge on any atom is -0.481 e. The number of aliphatic hydroxyl groups is 7. The van der Waals surface area contributed by atoms with Crippen LogP contribution in [0.15, 0.2) is 12.2 Å². The second-order valence-electron chi connectivity index (χ2n) is 24.3. The molecule has 5 unspecified atom stereocenters. The largest absolute Gasteiger partial charge is 0.481 e. The smallest absolute Gasteiger partial charge is 0.335 e. The van der Waals surface area contributed by atoms with Gasteiger partial charge >= 0.3 is 23.9 Å². The molecule has 0 aromatic rings. The van der Waals surface area contributed by atoms with Crippen LogP contribution < -0.4 is 0 Å². The number of rotatable bonds is 10. The Morgan fingerprint density at radius 2 is 1.14 bits per heavy atom. The maximum absolute atomic E-state index is 12.9. The molecule has 26 atom stereocenters. The van der Waals surface area contributed by atoms with E-state index < -0.39 is 150 Å². The van der Waals surface area contributed by atoms with E-state index in [1.54, 1.807) is 6.92 Å². The van der Waals surface area contributed by atoms with Crippen molar-refractivity contribution in [3.63, 3.8) is 0 Å². The number of carbonyl (C=O) groups excluding carboxylic acids is 1. The normalized spacial score (nSPS) is 53.5. The zero-order chi connectivity index (χ0) is 52.5. The third kappa shape index (κ3) is 8.77. The van der Waals surface area contributed by atoms with Crippen molar-refractivity contribution >= 4 is 23.9 Å². The van der Waals surface area contributed by atoms with E-state index in [-0.39, 0.29) is 40.9 Å². The average molecular weight is 1010 g/mol.